The van der Waals surface area contributed by atoms with Gasteiger partial charge in [0.05, 0.1) is 25.0 Å². The maximum Gasteiger partial charge on any atom is 0.161 e. The number of ether oxygens (including phenoxy) is 1. The summed E-state index contributed by atoms with van der Waals surface area (Å²) in [5, 5.41) is 4.18. The van der Waals surface area contributed by atoms with Crippen molar-refractivity contribution in [3.05, 3.63) is 11.9 Å². The van der Waals surface area contributed by atoms with Gasteiger partial charge >= 0.3 is 0 Å². The van der Waals surface area contributed by atoms with Gasteiger partial charge in [-0.1, -0.05) is 6.92 Å². The maximum atomic E-state index is 6.26. The normalized spacial score (nSPS) is 20.0. The number of hydrogen-bond acceptors (Lipinski definition) is 3. The molecule has 2 rings (SSSR count). The van der Waals surface area contributed by atoms with Crippen molar-refractivity contribution in [2.75, 3.05) is 7.11 Å². The summed E-state index contributed by atoms with van der Waals surface area (Å²) in [5.41, 5.74) is 7.27. The molecule has 0 radical (unpaired) electrons. The molecule has 1 aliphatic carbocycles. The summed E-state index contributed by atoms with van der Waals surface area (Å²) in [6, 6.07) is 0.0277. The van der Waals surface area contributed by atoms with Gasteiger partial charge in [-0.3, -0.25) is 4.68 Å². The zero-order chi connectivity index (χ0) is 11.0. The molecule has 4 nitrogen and oxygen atoms in total. The van der Waals surface area contributed by atoms with Gasteiger partial charge < -0.3 is 10.5 Å². The molecular formula is C11H19N3O. The van der Waals surface area contributed by atoms with Crippen LogP contribution in [0.25, 0.3) is 0 Å². The summed E-state index contributed by atoms with van der Waals surface area (Å²) in [4.78, 5) is 0. The second kappa shape index (κ2) is 3.85. The lowest BCUT2D eigenvalue weighted by Gasteiger charge is -2.20. The van der Waals surface area contributed by atoms with Crippen LogP contribution in [0.1, 0.15) is 31.5 Å². The second-order valence-electron chi connectivity index (χ2n) is 4.44. The molecule has 2 atom stereocenters. The van der Waals surface area contributed by atoms with Crippen LogP contribution in [-0.2, 0) is 7.05 Å². The molecule has 4 heteroatoms. The number of rotatable bonds is 4. The Balaban J connectivity index is 2.22. The lowest BCUT2D eigenvalue weighted by Crippen LogP contribution is -2.23. The van der Waals surface area contributed by atoms with Crippen LogP contribution >= 0.6 is 0 Å². The highest BCUT2D eigenvalue weighted by molar-refractivity contribution is 5.28. The van der Waals surface area contributed by atoms with E-state index in [2.05, 4.69) is 12.0 Å². The van der Waals surface area contributed by atoms with E-state index in [1.165, 1.54) is 12.8 Å². The van der Waals surface area contributed by atoms with E-state index in [0.29, 0.717) is 5.92 Å². The SMILES string of the molecule is COc1cnn(C)c1C(N)C(C)C1CC1. The summed E-state index contributed by atoms with van der Waals surface area (Å²) in [5.74, 6) is 2.10. The number of nitrogens with two attached hydrogens (primary N) is 1. The fourth-order valence-electron chi connectivity index (χ4n) is 2.13. The Morgan fingerprint density at radius 2 is 2.27 bits per heavy atom. The summed E-state index contributed by atoms with van der Waals surface area (Å²) in [6.45, 7) is 2.22. The van der Waals surface area contributed by atoms with Crippen LogP contribution in [-0.4, -0.2) is 16.9 Å². The zero-order valence-electron chi connectivity index (χ0n) is 9.60. The standard InChI is InChI=1S/C11H19N3O/c1-7(8-4-5-8)10(12)11-9(15-3)6-13-14(11)2/h6-8,10H,4-5,12H2,1-3H3. The minimum atomic E-state index is 0.0277. The molecule has 1 aromatic rings. The van der Waals surface area contributed by atoms with Crippen LogP contribution in [0.15, 0.2) is 6.20 Å². The quantitative estimate of drug-likeness (QED) is 0.817. The Morgan fingerprint density at radius 3 is 2.80 bits per heavy atom. The molecule has 0 amide bonds. The Kier molecular flexibility index (Phi) is 2.69. The van der Waals surface area contributed by atoms with Crippen molar-refractivity contribution >= 4 is 0 Å². The van der Waals surface area contributed by atoms with Gasteiger partial charge in [0.2, 0.25) is 0 Å². The van der Waals surface area contributed by atoms with E-state index in [9.17, 15) is 0 Å². The molecule has 0 bridgehead atoms. The molecule has 2 unspecified atom stereocenters. The van der Waals surface area contributed by atoms with E-state index >= 15 is 0 Å². The Morgan fingerprint density at radius 1 is 1.60 bits per heavy atom. The molecule has 84 valence electrons. The largest absolute Gasteiger partial charge is 0.493 e. The molecule has 1 heterocycles. The molecule has 0 saturated heterocycles. The maximum absolute atomic E-state index is 6.26. The fraction of sp³-hybridized carbons (Fsp3) is 0.727. The van der Waals surface area contributed by atoms with E-state index < -0.39 is 0 Å². The van der Waals surface area contributed by atoms with E-state index in [-0.39, 0.29) is 6.04 Å². The Bertz CT molecular complexity index is 344. The number of aromatic nitrogens is 2. The lowest BCUT2D eigenvalue weighted by atomic mass is 9.94. The van der Waals surface area contributed by atoms with Gasteiger partial charge in [0.15, 0.2) is 5.75 Å². The van der Waals surface area contributed by atoms with Crippen molar-refractivity contribution in [3.63, 3.8) is 0 Å². The first kappa shape index (κ1) is 10.5. The second-order valence-corrected chi connectivity index (χ2v) is 4.44. The van der Waals surface area contributed by atoms with Crippen LogP contribution in [0.3, 0.4) is 0 Å². The Labute approximate surface area is 90.4 Å². The number of hydrogen-bond donors (Lipinski definition) is 1. The number of aryl methyl sites for hydroxylation is 1. The van der Waals surface area contributed by atoms with Crippen molar-refractivity contribution in [2.24, 2.45) is 24.6 Å². The monoisotopic (exact) mass is 209 g/mol. The average Bonchev–Trinajstić information content (AvgIpc) is 3.00. The third-order valence-corrected chi connectivity index (χ3v) is 3.42. The minimum absolute atomic E-state index is 0.0277. The van der Waals surface area contributed by atoms with Crippen molar-refractivity contribution in [1.29, 1.82) is 0 Å². The van der Waals surface area contributed by atoms with Gasteiger partial charge in [-0.05, 0) is 24.7 Å². The molecule has 2 N–H and O–H groups in total. The van der Waals surface area contributed by atoms with Gasteiger partial charge in [-0.15, -0.1) is 0 Å². The lowest BCUT2D eigenvalue weighted by molar-refractivity contribution is 0.365. The van der Waals surface area contributed by atoms with E-state index in [1.54, 1.807) is 13.3 Å². The van der Waals surface area contributed by atoms with Crippen molar-refractivity contribution in [2.45, 2.75) is 25.8 Å². The fourth-order valence-corrected chi connectivity index (χ4v) is 2.13. The predicted octanol–water partition coefficient (Wildman–Crippen LogP) is 1.47. The average molecular weight is 209 g/mol. The van der Waals surface area contributed by atoms with Gasteiger partial charge in [-0.25, -0.2) is 0 Å². The first-order valence-electron chi connectivity index (χ1n) is 5.46. The van der Waals surface area contributed by atoms with Crippen molar-refractivity contribution < 1.29 is 4.74 Å². The van der Waals surface area contributed by atoms with E-state index in [1.807, 2.05) is 11.7 Å². The molecular weight excluding hydrogens is 190 g/mol. The zero-order valence-corrected chi connectivity index (χ0v) is 9.60. The molecule has 1 fully saturated rings. The summed E-state index contributed by atoms with van der Waals surface area (Å²) >= 11 is 0. The van der Waals surface area contributed by atoms with Crippen LogP contribution in [0, 0.1) is 11.8 Å². The topological polar surface area (TPSA) is 53.1 Å². The van der Waals surface area contributed by atoms with Gasteiger partial charge in [0.25, 0.3) is 0 Å². The molecule has 1 saturated carbocycles. The van der Waals surface area contributed by atoms with Crippen LogP contribution in [0.5, 0.6) is 5.75 Å². The van der Waals surface area contributed by atoms with Crippen LogP contribution in [0.2, 0.25) is 0 Å². The summed E-state index contributed by atoms with van der Waals surface area (Å²) < 4.78 is 7.10. The Hall–Kier alpha value is -1.03. The number of methoxy groups -OCH3 is 1. The van der Waals surface area contributed by atoms with Gasteiger partial charge in [0, 0.05) is 7.05 Å². The number of nitrogens with zero attached hydrogens (tertiary/aromatic N) is 2. The highest BCUT2D eigenvalue weighted by atomic mass is 16.5. The predicted molar refractivity (Wildman–Crippen MR) is 58.6 cm³/mol. The summed E-state index contributed by atoms with van der Waals surface area (Å²) in [6.07, 6.45) is 4.36. The van der Waals surface area contributed by atoms with Crippen molar-refractivity contribution in [3.8, 4) is 5.75 Å². The first-order chi connectivity index (χ1) is 7.15. The van der Waals surface area contributed by atoms with Gasteiger partial charge in [-0.2, -0.15) is 5.10 Å². The van der Waals surface area contributed by atoms with E-state index in [0.717, 1.165) is 17.4 Å². The first-order valence-corrected chi connectivity index (χ1v) is 5.46. The van der Waals surface area contributed by atoms with E-state index in [4.69, 9.17) is 10.5 Å². The smallest absolute Gasteiger partial charge is 0.161 e. The third-order valence-electron chi connectivity index (χ3n) is 3.42. The van der Waals surface area contributed by atoms with Crippen LogP contribution < -0.4 is 10.5 Å². The van der Waals surface area contributed by atoms with Crippen molar-refractivity contribution in [1.82, 2.24) is 9.78 Å². The third kappa shape index (κ3) is 1.86. The highest BCUT2D eigenvalue weighted by Crippen LogP contribution is 2.43. The molecule has 0 aliphatic heterocycles. The summed E-state index contributed by atoms with van der Waals surface area (Å²) in [7, 11) is 3.58. The molecule has 15 heavy (non-hydrogen) atoms. The minimum Gasteiger partial charge on any atom is -0.493 e. The molecule has 1 aliphatic rings. The van der Waals surface area contributed by atoms with Crippen LogP contribution in [0.4, 0.5) is 0 Å². The highest BCUT2D eigenvalue weighted by Gasteiger charge is 2.34. The molecule has 0 spiro atoms. The molecule has 0 aromatic carbocycles. The van der Waals surface area contributed by atoms with Gasteiger partial charge in [0.1, 0.15) is 0 Å². The molecule has 1 aromatic heterocycles.